The van der Waals surface area contributed by atoms with Crippen LogP contribution in [-0.4, -0.2) is 16.8 Å². The standard InChI is InChI=1S/C8H16ClNO/c1-5-7(11)10-8(3,4)6(2)9/h6H,5H2,1-4H3,(H,10,11). The molecule has 0 saturated carbocycles. The van der Waals surface area contributed by atoms with Crippen LogP contribution in [0.25, 0.3) is 0 Å². The molecule has 1 unspecified atom stereocenters. The van der Waals surface area contributed by atoms with Crippen LogP contribution in [-0.2, 0) is 4.79 Å². The van der Waals surface area contributed by atoms with E-state index in [9.17, 15) is 4.79 Å². The molecule has 0 heterocycles. The van der Waals surface area contributed by atoms with E-state index in [0.29, 0.717) is 6.42 Å². The van der Waals surface area contributed by atoms with Crippen molar-refractivity contribution in [3.05, 3.63) is 0 Å². The third kappa shape index (κ3) is 3.61. The molecule has 0 bridgehead atoms. The third-order valence-corrected chi connectivity index (χ3v) is 2.32. The average molecular weight is 178 g/mol. The molecule has 0 aromatic rings. The van der Waals surface area contributed by atoms with Crippen molar-refractivity contribution in [1.29, 1.82) is 0 Å². The lowest BCUT2D eigenvalue weighted by atomic mass is 10.0. The number of nitrogens with one attached hydrogen (secondary N) is 1. The van der Waals surface area contributed by atoms with Gasteiger partial charge < -0.3 is 5.32 Å². The Balaban J connectivity index is 4.01. The van der Waals surface area contributed by atoms with E-state index in [-0.39, 0.29) is 16.8 Å². The normalized spacial score (nSPS) is 14.3. The van der Waals surface area contributed by atoms with Gasteiger partial charge in [-0.05, 0) is 20.8 Å². The summed E-state index contributed by atoms with van der Waals surface area (Å²) in [7, 11) is 0. The van der Waals surface area contributed by atoms with Gasteiger partial charge >= 0.3 is 0 Å². The first-order chi connectivity index (χ1) is 4.90. The molecular weight excluding hydrogens is 162 g/mol. The highest BCUT2D eigenvalue weighted by atomic mass is 35.5. The minimum Gasteiger partial charge on any atom is -0.350 e. The number of alkyl halides is 1. The molecule has 0 aliphatic heterocycles. The summed E-state index contributed by atoms with van der Waals surface area (Å²) in [5, 5.41) is 2.78. The SMILES string of the molecule is CCC(=O)NC(C)(C)C(C)Cl. The van der Waals surface area contributed by atoms with Crippen LogP contribution in [0.5, 0.6) is 0 Å². The number of rotatable bonds is 3. The summed E-state index contributed by atoms with van der Waals surface area (Å²) in [6, 6.07) is 0. The van der Waals surface area contributed by atoms with E-state index in [1.165, 1.54) is 0 Å². The predicted octanol–water partition coefficient (Wildman–Crippen LogP) is 1.92. The molecule has 0 rings (SSSR count). The van der Waals surface area contributed by atoms with Gasteiger partial charge in [-0.3, -0.25) is 4.79 Å². The van der Waals surface area contributed by atoms with E-state index in [0.717, 1.165) is 0 Å². The van der Waals surface area contributed by atoms with E-state index in [2.05, 4.69) is 5.32 Å². The van der Waals surface area contributed by atoms with Crippen molar-refractivity contribution in [3.8, 4) is 0 Å². The van der Waals surface area contributed by atoms with Gasteiger partial charge in [-0.15, -0.1) is 11.6 Å². The van der Waals surface area contributed by atoms with Crippen LogP contribution in [0.15, 0.2) is 0 Å². The molecule has 0 saturated heterocycles. The summed E-state index contributed by atoms with van der Waals surface area (Å²) in [5.41, 5.74) is -0.311. The number of hydrogen-bond acceptors (Lipinski definition) is 1. The van der Waals surface area contributed by atoms with Crippen molar-refractivity contribution in [3.63, 3.8) is 0 Å². The Morgan fingerprint density at radius 2 is 2.09 bits per heavy atom. The minimum absolute atomic E-state index is 0.0440. The molecule has 0 aliphatic rings. The van der Waals surface area contributed by atoms with Gasteiger partial charge in [0.25, 0.3) is 0 Å². The van der Waals surface area contributed by atoms with Crippen molar-refractivity contribution in [2.24, 2.45) is 0 Å². The second-order valence-corrected chi connectivity index (χ2v) is 3.89. The van der Waals surface area contributed by atoms with Crippen molar-refractivity contribution >= 4 is 17.5 Å². The summed E-state index contributed by atoms with van der Waals surface area (Å²) < 4.78 is 0. The van der Waals surface area contributed by atoms with Crippen LogP contribution < -0.4 is 5.32 Å². The molecule has 1 amide bonds. The van der Waals surface area contributed by atoms with Gasteiger partial charge in [-0.25, -0.2) is 0 Å². The maximum Gasteiger partial charge on any atom is 0.220 e. The van der Waals surface area contributed by atoms with Crippen LogP contribution in [0.4, 0.5) is 0 Å². The Hall–Kier alpha value is -0.240. The van der Waals surface area contributed by atoms with Gasteiger partial charge in [-0.2, -0.15) is 0 Å². The zero-order valence-electron chi connectivity index (χ0n) is 7.57. The Kier molecular flexibility index (Phi) is 3.87. The summed E-state index contributed by atoms with van der Waals surface area (Å²) in [4.78, 5) is 11.0. The highest BCUT2D eigenvalue weighted by molar-refractivity contribution is 6.21. The van der Waals surface area contributed by atoms with Crippen LogP contribution in [0.1, 0.15) is 34.1 Å². The molecule has 66 valence electrons. The molecule has 11 heavy (non-hydrogen) atoms. The maximum atomic E-state index is 11.0. The molecule has 0 aromatic heterocycles. The quantitative estimate of drug-likeness (QED) is 0.656. The van der Waals surface area contributed by atoms with E-state index in [1.54, 1.807) is 0 Å². The molecule has 1 N–H and O–H groups in total. The number of hydrogen-bond donors (Lipinski definition) is 1. The van der Waals surface area contributed by atoms with E-state index in [1.807, 2.05) is 27.7 Å². The predicted molar refractivity (Wildman–Crippen MR) is 47.8 cm³/mol. The summed E-state index contributed by atoms with van der Waals surface area (Å²) in [5.74, 6) is 0.0440. The van der Waals surface area contributed by atoms with Crippen molar-refractivity contribution in [2.45, 2.75) is 45.0 Å². The summed E-state index contributed by atoms with van der Waals surface area (Å²) >= 11 is 5.86. The van der Waals surface area contributed by atoms with Gasteiger partial charge in [0, 0.05) is 6.42 Å². The fourth-order valence-corrected chi connectivity index (χ4v) is 0.602. The molecule has 0 aliphatic carbocycles. The molecule has 3 heteroatoms. The van der Waals surface area contributed by atoms with Crippen LogP contribution in [0.2, 0.25) is 0 Å². The second kappa shape index (κ2) is 3.96. The highest BCUT2D eigenvalue weighted by Crippen LogP contribution is 2.14. The first kappa shape index (κ1) is 10.8. The monoisotopic (exact) mass is 177 g/mol. The third-order valence-electron chi connectivity index (χ3n) is 1.78. The molecular formula is C8H16ClNO. The van der Waals surface area contributed by atoms with Crippen LogP contribution >= 0.6 is 11.6 Å². The van der Waals surface area contributed by atoms with Gasteiger partial charge in [0.05, 0.1) is 10.9 Å². The van der Waals surface area contributed by atoms with Gasteiger partial charge in [0.15, 0.2) is 0 Å². The topological polar surface area (TPSA) is 29.1 Å². The molecule has 0 spiro atoms. The highest BCUT2D eigenvalue weighted by Gasteiger charge is 2.24. The van der Waals surface area contributed by atoms with Crippen molar-refractivity contribution in [2.75, 3.05) is 0 Å². The fourth-order valence-electron chi connectivity index (χ4n) is 0.547. The smallest absolute Gasteiger partial charge is 0.220 e. The Morgan fingerprint density at radius 1 is 1.64 bits per heavy atom. The van der Waals surface area contributed by atoms with E-state index in [4.69, 9.17) is 11.6 Å². The minimum atomic E-state index is -0.311. The Labute approximate surface area is 73.3 Å². The summed E-state index contributed by atoms with van der Waals surface area (Å²) in [6.45, 7) is 7.53. The molecule has 2 nitrogen and oxygen atoms in total. The number of amides is 1. The lowest BCUT2D eigenvalue weighted by Crippen LogP contribution is -2.48. The van der Waals surface area contributed by atoms with Crippen LogP contribution in [0.3, 0.4) is 0 Å². The van der Waals surface area contributed by atoms with Gasteiger partial charge in [0.2, 0.25) is 5.91 Å². The lowest BCUT2D eigenvalue weighted by molar-refractivity contribution is -0.122. The van der Waals surface area contributed by atoms with Gasteiger partial charge in [-0.1, -0.05) is 6.92 Å². The average Bonchev–Trinajstić information content (AvgIpc) is 1.86. The zero-order valence-corrected chi connectivity index (χ0v) is 8.33. The second-order valence-electron chi connectivity index (χ2n) is 3.24. The Bertz CT molecular complexity index is 143. The lowest BCUT2D eigenvalue weighted by Gasteiger charge is -2.28. The zero-order chi connectivity index (χ0) is 9.07. The van der Waals surface area contributed by atoms with Crippen molar-refractivity contribution in [1.82, 2.24) is 5.32 Å². The first-order valence-electron chi connectivity index (χ1n) is 3.85. The van der Waals surface area contributed by atoms with Gasteiger partial charge in [0.1, 0.15) is 0 Å². The molecule has 0 fully saturated rings. The number of carbonyl (C=O) groups excluding carboxylic acids is 1. The Morgan fingerprint density at radius 3 is 2.36 bits per heavy atom. The van der Waals surface area contributed by atoms with E-state index < -0.39 is 0 Å². The number of halogens is 1. The fraction of sp³-hybridized carbons (Fsp3) is 0.875. The molecule has 1 atom stereocenters. The first-order valence-corrected chi connectivity index (χ1v) is 4.29. The van der Waals surface area contributed by atoms with E-state index >= 15 is 0 Å². The maximum absolute atomic E-state index is 11.0. The summed E-state index contributed by atoms with van der Waals surface area (Å²) in [6.07, 6.45) is 0.507. The largest absolute Gasteiger partial charge is 0.350 e. The molecule has 0 aromatic carbocycles. The number of carbonyl (C=O) groups is 1. The van der Waals surface area contributed by atoms with Crippen molar-refractivity contribution < 1.29 is 4.79 Å². The van der Waals surface area contributed by atoms with Crippen LogP contribution in [0, 0.1) is 0 Å². The molecule has 0 radical (unpaired) electrons.